The van der Waals surface area contributed by atoms with Gasteiger partial charge >= 0.3 is 0 Å². The largest absolute Gasteiger partial charge is 0.342 e. The maximum Gasteiger partial charge on any atom is 0.157 e. The predicted molar refractivity (Wildman–Crippen MR) is 142 cm³/mol. The third-order valence-corrected chi connectivity index (χ3v) is 9.57. The molecule has 0 bridgehead atoms. The second-order valence-corrected chi connectivity index (χ2v) is 11.2. The highest BCUT2D eigenvalue weighted by Gasteiger charge is 2.28. The summed E-state index contributed by atoms with van der Waals surface area (Å²) in [6, 6.07) is 35.5. The van der Waals surface area contributed by atoms with Crippen molar-refractivity contribution in [3.8, 4) is 0 Å². The summed E-state index contributed by atoms with van der Waals surface area (Å²) in [5.74, 6) is 0.832. The smallest absolute Gasteiger partial charge is 0.157 e. The molecule has 0 saturated heterocycles. The SMILES string of the molecule is O=C1C=C(Nc2ncccc2N=P(c2ccccc2)(c2ccccc2)c2ccccc2)CCC1. The van der Waals surface area contributed by atoms with Gasteiger partial charge < -0.3 is 5.32 Å². The van der Waals surface area contributed by atoms with Crippen molar-refractivity contribution in [1.82, 2.24) is 4.98 Å². The van der Waals surface area contributed by atoms with E-state index in [1.165, 1.54) is 15.9 Å². The van der Waals surface area contributed by atoms with E-state index in [0.29, 0.717) is 12.2 Å². The molecular weight excluding hydrogens is 437 g/mol. The molecule has 168 valence electrons. The zero-order valence-electron chi connectivity index (χ0n) is 18.8. The molecule has 1 aromatic heterocycles. The summed E-state index contributed by atoms with van der Waals surface area (Å²) in [7, 11) is -2.41. The monoisotopic (exact) mass is 463 g/mol. The van der Waals surface area contributed by atoms with E-state index in [1.807, 2.05) is 30.3 Å². The molecule has 1 aliphatic carbocycles. The number of carbonyl (C=O) groups excluding carboxylic acids is 1. The van der Waals surface area contributed by atoms with Crippen molar-refractivity contribution in [3.63, 3.8) is 0 Å². The molecule has 0 aliphatic heterocycles. The van der Waals surface area contributed by atoms with Crippen LogP contribution in [0.1, 0.15) is 19.3 Å². The van der Waals surface area contributed by atoms with E-state index in [-0.39, 0.29) is 5.78 Å². The highest BCUT2D eigenvalue weighted by Crippen LogP contribution is 2.50. The number of benzene rings is 3. The summed E-state index contributed by atoms with van der Waals surface area (Å²) in [6.45, 7) is 0. The highest BCUT2D eigenvalue weighted by molar-refractivity contribution is 7.87. The first-order valence-corrected chi connectivity index (χ1v) is 13.2. The minimum atomic E-state index is -2.41. The molecule has 0 radical (unpaired) electrons. The lowest BCUT2D eigenvalue weighted by Crippen LogP contribution is -2.25. The van der Waals surface area contributed by atoms with Crippen molar-refractivity contribution in [2.45, 2.75) is 19.3 Å². The van der Waals surface area contributed by atoms with Crippen LogP contribution in [0.25, 0.3) is 0 Å². The second kappa shape index (κ2) is 10.0. The van der Waals surface area contributed by atoms with Crippen molar-refractivity contribution < 1.29 is 4.79 Å². The lowest BCUT2D eigenvalue weighted by molar-refractivity contribution is -0.115. The first-order chi connectivity index (χ1) is 16.8. The van der Waals surface area contributed by atoms with Crippen LogP contribution in [0.4, 0.5) is 11.5 Å². The van der Waals surface area contributed by atoms with Crippen LogP contribution in [-0.4, -0.2) is 10.8 Å². The van der Waals surface area contributed by atoms with E-state index >= 15 is 0 Å². The van der Waals surface area contributed by atoms with Crippen LogP contribution in [0.3, 0.4) is 0 Å². The Morgan fingerprint density at radius 3 is 1.79 bits per heavy atom. The third-order valence-electron chi connectivity index (χ3n) is 5.92. The molecule has 0 saturated carbocycles. The highest BCUT2D eigenvalue weighted by atomic mass is 31.2. The minimum absolute atomic E-state index is 0.155. The van der Waals surface area contributed by atoms with Crippen molar-refractivity contribution in [2.24, 2.45) is 4.74 Å². The van der Waals surface area contributed by atoms with Crippen molar-refractivity contribution in [3.05, 3.63) is 121 Å². The average molecular weight is 464 g/mol. The number of rotatable bonds is 6. The Kier molecular flexibility index (Phi) is 6.51. The van der Waals surface area contributed by atoms with E-state index in [2.05, 4.69) is 83.1 Å². The van der Waals surface area contributed by atoms with Crippen LogP contribution < -0.4 is 21.2 Å². The fourth-order valence-corrected chi connectivity index (χ4v) is 7.87. The Hall–Kier alpha value is -3.75. The fourth-order valence-electron chi connectivity index (χ4n) is 4.33. The number of aromatic nitrogens is 1. The summed E-state index contributed by atoms with van der Waals surface area (Å²) in [6.07, 6.45) is 5.76. The Labute approximate surface area is 200 Å². The number of nitrogens with one attached hydrogen (secondary N) is 1. The Bertz CT molecular complexity index is 1260. The molecule has 0 unspecified atom stereocenters. The molecule has 0 atom stereocenters. The van der Waals surface area contributed by atoms with Gasteiger partial charge in [0.15, 0.2) is 11.6 Å². The summed E-state index contributed by atoms with van der Waals surface area (Å²) >= 11 is 0. The van der Waals surface area contributed by atoms with E-state index in [9.17, 15) is 4.79 Å². The van der Waals surface area contributed by atoms with Gasteiger partial charge in [0, 0.05) is 40.3 Å². The molecule has 34 heavy (non-hydrogen) atoms. The molecule has 4 nitrogen and oxygen atoms in total. The first kappa shape index (κ1) is 22.1. The van der Waals surface area contributed by atoms with Crippen LogP contribution in [-0.2, 0) is 4.79 Å². The number of ketones is 1. The molecule has 4 aromatic rings. The number of nitrogens with zero attached hydrogens (tertiary/aromatic N) is 2. The van der Waals surface area contributed by atoms with Crippen LogP contribution in [0.5, 0.6) is 0 Å². The number of carbonyl (C=O) groups is 1. The molecule has 1 aliphatic rings. The first-order valence-electron chi connectivity index (χ1n) is 11.5. The molecule has 0 fully saturated rings. The molecule has 5 heteroatoms. The lowest BCUT2D eigenvalue weighted by Gasteiger charge is -2.27. The van der Waals surface area contributed by atoms with Gasteiger partial charge in [0.25, 0.3) is 0 Å². The van der Waals surface area contributed by atoms with Crippen LogP contribution >= 0.6 is 7.05 Å². The van der Waals surface area contributed by atoms with Crippen LogP contribution in [0.2, 0.25) is 0 Å². The zero-order valence-corrected chi connectivity index (χ0v) is 19.7. The Balaban J connectivity index is 1.78. The van der Waals surface area contributed by atoms with Crippen molar-refractivity contribution in [1.29, 1.82) is 0 Å². The van der Waals surface area contributed by atoms with Gasteiger partial charge in [-0.25, -0.2) is 9.73 Å². The fraction of sp³-hybridized carbons (Fsp3) is 0.103. The molecule has 3 aromatic carbocycles. The summed E-state index contributed by atoms with van der Waals surface area (Å²) < 4.78 is 5.56. The standard InChI is InChI=1S/C29H26N3OP/c33-24-13-10-12-23(22-24)31-29-28(20-11-21-30-29)32-34(25-14-4-1-5-15-25,26-16-6-2-7-17-26)27-18-8-3-9-19-27/h1-9,11,14-22H,10,12-13H2,(H,30,31). The van der Waals surface area contributed by atoms with Gasteiger partial charge in [-0.15, -0.1) is 0 Å². The normalized spacial score (nSPS) is 13.8. The summed E-state index contributed by atoms with van der Waals surface area (Å²) in [5, 5.41) is 6.94. The van der Waals surface area contributed by atoms with Gasteiger partial charge in [0.05, 0.1) is 7.05 Å². The van der Waals surface area contributed by atoms with Gasteiger partial charge in [-0.1, -0.05) is 91.0 Å². The van der Waals surface area contributed by atoms with E-state index in [0.717, 1.165) is 24.2 Å². The van der Waals surface area contributed by atoms with Gasteiger partial charge in [-0.05, 0) is 25.0 Å². The lowest BCUT2D eigenvalue weighted by atomic mass is 10.0. The Morgan fingerprint density at radius 1 is 0.706 bits per heavy atom. The zero-order chi connectivity index (χ0) is 23.2. The molecule has 0 spiro atoms. The Morgan fingerprint density at radius 2 is 1.26 bits per heavy atom. The molecule has 1 heterocycles. The van der Waals surface area contributed by atoms with Crippen LogP contribution in [0.15, 0.2) is 126 Å². The molecular formula is C29H26N3OP. The minimum Gasteiger partial charge on any atom is -0.342 e. The maximum atomic E-state index is 12.0. The summed E-state index contributed by atoms with van der Waals surface area (Å²) in [4.78, 5) is 16.6. The molecule has 1 N–H and O–H groups in total. The third kappa shape index (κ3) is 4.50. The van der Waals surface area contributed by atoms with Gasteiger partial charge in [0.2, 0.25) is 0 Å². The number of pyridine rings is 1. The quantitative estimate of drug-likeness (QED) is 0.360. The van der Waals surface area contributed by atoms with E-state index in [4.69, 9.17) is 4.74 Å². The van der Waals surface area contributed by atoms with Crippen LogP contribution in [0, 0.1) is 0 Å². The van der Waals surface area contributed by atoms with Crippen molar-refractivity contribution in [2.75, 3.05) is 5.32 Å². The topological polar surface area (TPSA) is 54.4 Å². The van der Waals surface area contributed by atoms with Crippen molar-refractivity contribution >= 4 is 40.3 Å². The molecule has 5 rings (SSSR count). The predicted octanol–water partition coefficient (Wildman–Crippen LogP) is 5.94. The number of allylic oxidation sites excluding steroid dienone is 2. The van der Waals surface area contributed by atoms with Gasteiger partial charge in [-0.2, -0.15) is 0 Å². The van der Waals surface area contributed by atoms with Gasteiger partial charge in [-0.3, -0.25) is 4.79 Å². The summed E-state index contributed by atoms with van der Waals surface area (Å²) in [5.41, 5.74) is 1.68. The number of hydrogen-bond acceptors (Lipinski definition) is 4. The maximum absolute atomic E-state index is 12.0. The number of hydrogen-bond donors (Lipinski definition) is 1. The number of anilines is 1. The second-order valence-electron chi connectivity index (χ2n) is 8.23. The average Bonchev–Trinajstić information content (AvgIpc) is 2.90. The van der Waals surface area contributed by atoms with E-state index < -0.39 is 7.05 Å². The molecule has 0 amide bonds. The van der Waals surface area contributed by atoms with Gasteiger partial charge in [0.1, 0.15) is 5.69 Å². The van der Waals surface area contributed by atoms with E-state index in [1.54, 1.807) is 12.3 Å².